The van der Waals surface area contributed by atoms with Crippen molar-refractivity contribution in [3.8, 4) is 0 Å². The van der Waals surface area contributed by atoms with E-state index in [0.717, 1.165) is 15.8 Å². The molecule has 0 aromatic carbocycles. The van der Waals surface area contributed by atoms with Gasteiger partial charge in [0.15, 0.2) is 0 Å². The van der Waals surface area contributed by atoms with Gasteiger partial charge >= 0.3 is 5.97 Å². The molecule has 66 valence electrons. The van der Waals surface area contributed by atoms with Gasteiger partial charge in [0, 0.05) is 11.6 Å². The lowest BCUT2D eigenvalue weighted by atomic mass is 10.1. The standard InChI is InChI=1S/C8H6N2O2S/c1-4-5-3-10-13-7(5)9-2-6(4)8(11)12/h2-3H,1H3,(H,11,12). The van der Waals surface area contributed by atoms with Crippen molar-refractivity contribution in [2.45, 2.75) is 6.92 Å². The number of carbonyl (C=O) groups is 1. The molecule has 0 unspecified atom stereocenters. The summed E-state index contributed by atoms with van der Waals surface area (Å²) in [6, 6.07) is 0. The summed E-state index contributed by atoms with van der Waals surface area (Å²) in [6.45, 7) is 1.77. The largest absolute Gasteiger partial charge is 0.478 e. The van der Waals surface area contributed by atoms with E-state index < -0.39 is 5.97 Å². The number of aryl methyl sites for hydroxylation is 1. The summed E-state index contributed by atoms with van der Waals surface area (Å²) in [6.07, 6.45) is 3.02. The zero-order chi connectivity index (χ0) is 9.42. The van der Waals surface area contributed by atoms with E-state index in [1.165, 1.54) is 17.7 Å². The molecule has 0 aliphatic rings. The van der Waals surface area contributed by atoms with Crippen molar-refractivity contribution >= 4 is 27.7 Å². The molecule has 0 saturated heterocycles. The van der Waals surface area contributed by atoms with Crippen molar-refractivity contribution in [3.05, 3.63) is 23.5 Å². The van der Waals surface area contributed by atoms with Crippen LogP contribution in [0.3, 0.4) is 0 Å². The van der Waals surface area contributed by atoms with Gasteiger partial charge in [0.2, 0.25) is 0 Å². The summed E-state index contributed by atoms with van der Waals surface area (Å²) < 4.78 is 3.95. The highest BCUT2D eigenvalue weighted by atomic mass is 32.1. The maximum Gasteiger partial charge on any atom is 0.337 e. The van der Waals surface area contributed by atoms with Crippen molar-refractivity contribution in [2.24, 2.45) is 0 Å². The number of carboxylic acids is 1. The van der Waals surface area contributed by atoms with Gasteiger partial charge in [0.1, 0.15) is 4.83 Å². The van der Waals surface area contributed by atoms with Gasteiger partial charge in [-0.2, -0.15) is 4.37 Å². The summed E-state index contributed by atoms with van der Waals surface area (Å²) in [4.78, 5) is 15.5. The Morgan fingerprint density at radius 2 is 2.31 bits per heavy atom. The minimum atomic E-state index is -0.946. The first-order valence-electron chi connectivity index (χ1n) is 3.63. The van der Waals surface area contributed by atoms with E-state index in [9.17, 15) is 4.79 Å². The van der Waals surface area contributed by atoms with Gasteiger partial charge in [-0.15, -0.1) is 0 Å². The quantitative estimate of drug-likeness (QED) is 0.750. The van der Waals surface area contributed by atoms with Crippen LogP contribution in [0.15, 0.2) is 12.4 Å². The van der Waals surface area contributed by atoms with E-state index >= 15 is 0 Å². The normalized spacial score (nSPS) is 10.5. The zero-order valence-electron chi connectivity index (χ0n) is 6.81. The molecule has 0 atom stereocenters. The lowest BCUT2D eigenvalue weighted by Gasteiger charge is -1.99. The van der Waals surface area contributed by atoms with Crippen molar-refractivity contribution in [3.63, 3.8) is 0 Å². The van der Waals surface area contributed by atoms with Crippen LogP contribution in [-0.4, -0.2) is 20.4 Å². The smallest absolute Gasteiger partial charge is 0.337 e. The zero-order valence-corrected chi connectivity index (χ0v) is 7.63. The first-order chi connectivity index (χ1) is 6.20. The van der Waals surface area contributed by atoms with Crippen LogP contribution in [0.4, 0.5) is 0 Å². The number of aromatic nitrogens is 2. The van der Waals surface area contributed by atoms with Crippen LogP contribution in [0.5, 0.6) is 0 Å². The Hall–Kier alpha value is -1.49. The van der Waals surface area contributed by atoms with E-state index in [2.05, 4.69) is 9.36 Å². The topological polar surface area (TPSA) is 63.1 Å². The fourth-order valence-electron chi connectivity index (χ4n) is 1.16. The van der Waals surface area contributed by atoms with Gasteiger partial charge in [-0.3, -0.25) is 0 Å². The summed E-state index contributed by atoms with van der Waals surface area (Å²) >= 11 is 1.27. The number of pyridine rings is 1. The van der Waals surface area contributed by atoms with E-state index in [-0.39, 0.29) is 5.56 Å². The third-order valence-electron chi connectivity index (χ3n) is 1.90. The lowest BCUT2D eigenvalue weighted by molar-refractivity contribution is 0.0696. The molecule has 1 N–H and O–H groups in total. The van der Waals surface area contributed by atoms with Crippen LogP contribution in [0.1, 0.15) is 15.9 Å². The Morgan fingerprint density at radius 1 is 1.54 bits per heavy atom. The summed E-state index contributed by atoms with van der Waals surface area (Å²) in [7, 11) is 0. The average molecular weight is 194 g/mol. The second-order valence-electron chi connectivity index (χ2n) is 2.65. The molecule has 4 nitrogen and oxygen atoms in total. The Morgan fingerprint density at radius 3 is 3.00 bits per heavy atom. The second-order valence-corrected chi connectivity index (χ2v) is 3.43. The molecule has 0 spiro atoms. The molecule has 5 heteroatoms. The highest BCUT2D eigenvalue weighted by molar-refractivity contribution is 7.12. The molecule has 0 aliphatic heterocycles. The molecular weight excluding hydrogens is 188 g/mol. The van der Waals surface area contributed by atoms with Gasteiger partial charge in [-0.05, 0) is 24.0 Å². The van der Waals surface area contributed by atoms with Gasteiger partial charge in [0.05, 0.1) is 11.8 Å². The molecule has 0 fully saturated rings. The third kappa shape index (κ3) is 1.17. The number of fused-ring (bicyclic) bond motifs is 1. The third-order valence-corrected chi connectivity index (χ3v) is 2.61. The first-order valence-corrected chi connectivity index (χ1v) is 4.41. The fraction of sp³-hybridized carbons (Fsp3) is 0.125. The van der Waals surface area contributed by atoms with Gasteiger partial charge < -0.3 is 5.11 Å². The van der Waals surface area contributed by atoms with Gasteiger partial charge in [-0.25, -0.2) is 9.78 Å². The van der Waals surface area contributed by atoms with Crippen molar-refractivity contribution in [1.82, 2.24) is 9.36 Å². The van der Waals surface area contributed by atoms with E-state index in [1.54, 1.807) is 13.1 Å². The predicted molar refractivity (Wildman–Crippen MR) is 49.1 cm³/mol. The molecule has 2 aromatic heterocycles. The molecule has 0 amide bonds. The molecule has 2 aromatic rings. The number of nitrogens with zero attached hydrogens (tertiary/aromatic N) is 2. The van der Waals surface area contributed by atoms with Crippen molar-refractivity contribution in [2.75, 3.05) is 0 Å². The van der Waals surface area contributed by atoms with Crippen molar-refractivity contribution < 1.29 is 9.90 Å². The average Bonchev–Trinajstić information content (AvgIpc) is 2.52. The van der Waals surface area contributed by atoms with Gasteiger partial charge in [0.25, 0.3) is 0 Å². The molecule has 0 radical (unpaired) electrons. The van der Waals surface area contributed by atoms with Crippen LogP contribution in [0, 0.1) is 6.92 Å². The second kappa shape index (κ2) is 2.77. The number of hydrogen-bond acceptors (Lipinski definition) is 4. The number of hydrogen-bond donors (Lipinski definition) is 1. The minimum absolute atomic E-state index is 0.243. The molecule has 0 bridgehead atoms. The van der Waals surface area contributed by atoms with E-state index in [0.29, 0.717) is 0 Å². The highest BCUT2D eigenvalue weighted by Gasteiger charge is 2.11. The van der Waals surface area contributed by atoms with Crippen LogP contribution in [-0.2, 0) is 0 Å². The molecule has 0 aliphatic carbocycles. The highest BCUT2D eigenvalue weighted by Crippen LogP contribution is 2.21. The van der Waals surface area contributed by atoms with Crippen LogP contribution in [0.2, 0.25) is 0 Å². The Bertz CT molecular complexity index is 478. The van der Waals surface area contributed by atoms with Crippen LogP contribution >= 0.6 is 11.5 Å². The molecule has 2 heterocycles. The van der Waals surface area contributed by atoms with E-state index in [4.69, 9.17) is 5.11 Å². The Labute approximate surface area is 78.0 Å². The summed E-state index contributed by atoms with van der Waals surface area (Å²) in [5, 5.41) is 9.63. The fourth-order valence-corrected chi connectivity index (χ4v) is 1.83. The molecular formula is C8H6N2O2S. The maximum atomic E-state index is 10.7. The number of carboxylic acid groups (broad SMARTS) is 1. The molecule has 0 saturated carbocycles. The van der Waals surface area contributed by atoms with Crippen molar-refractivity contribution in [1.29, 1.82) is 0 Å². The van der Waals surface area contributed by atoms with Crippen LogP contribution < -0.4 is 0 Å². The SMILES string of the molecule is Cc1c(C(=O)O)cnc2sncc12. The molecule has 2 rings (SSSR count). The first kappa shape index (κ1) is 8.12. The van der Waals surface area contributed by atoms with Gasteiger partial charge in [-0.1, -0.05) is 0 Å². The monoisotopic (exact) mass is 194 g/mol. The number of aromatic carboxylic acids is 1. The maximum absolute atomic E-state index is 10.7. The summed E-state index contributed by atoms with van der Waals surface area (Å²) in [5.41, 5.74) is 0.971. The Balaban J connectivity index is 2.80. The Kier molecular flexibility index (Phi) is 1.73. The molecule has 13 heavy (non-hydrogen) atoms. The van der Waals surface area contributed by atoms with E-state index in [1.807, 2.05) is 0 Å². The lowest BCUT2D eigenvalue weighted by Crippen LogP contribution is -2.00. The number of rotatable bonds is 1. The minimum Gasteiger partial charge on any atom is -0.478 e. The summed E-state index contributed by atoms with van der Waals surface area (Å²) in [5.74, 6) is -0.946. The predicted octanol–water partition coefficient (Wildman–Crippen LogP) is 1.70. The van der Waals surface area contributed by atoms with Crippen LogP contribution in [0.25, 0.3) is 10.2 Å².